The molecule has 1 aliphatic rings. The fourth-order valence-electron chi connectivity index (χ4n) is 3.65. The van der Waals surface area contributed by atoms with Gasteiger partial charge in [-0.25, -0.2) is 0 Å². The van der Waals surface area contributed by atoms with Crippen LogP contribution in [0.25, 0.3) is 0 Å². The number of likely N-dealkylation sites (tertiary alicyclic amines) is 1. The summed E-state index contributed by atoms with van der Waals surface area (Å²) in [6.45, 7) is 3.91. The van der Waals surface area contributed by atoms with Crippen molar-refractivity contribution >= 4 is 29.1 Å². The molecular weight excluding hydrogens is 417 g/mol. The number of benzene rings is 2. The molecule has 1 saturated heterocycles. The Morgan fingerprint density at radius 3 is 2.53 bits per heavy atom. The van der Waals surface area contributed by atoms with Crippen molar-refractivity contribution in [2.45, 2.75) is 18.5 Å². The smallest absolute Gasteiger partial charge is 0.344 e. The van der Waals surface area contributed by atoms with Crippen molar-refractivity contribution < 1.29 is 22.8 Å². The first-order chi connectivity index (χ1) is 14.1. The van der Waals surface area contributed by atoms with Crippen molar-refractivity contribution in [3.8, 4) is 0 Å². The number of nitrogens with one attached hydrogen (secondary N) is 1. The van der Waals surface area contributed by atoms with E-state index in [9.17, 15) is 22.8 Å². The number of carbonyl (C=O) groups excluding carboxylic acids is 2. The van der Waals surface area contributed by atoms with Gasteiger partial charge in [0.1, 0.15) is 5.92 Å². The number of rotatable bonds is 5. The van der Waals surface area contributed by atoms with E-state index in [1.165, 1.54) is 17.0 Å². The highest BCUT2D eigenvalue weighted by Crippen LogP contribution is 2.36. The quantitative estimate of drug-likeness (QED) is 0.535. The lowest BCUT2D eigenvalue weighted by atomic mass is 9.87. The second-order valence-electron chi connectivity index (χ2n) is 7.17. The number of nitrogens with zero attached hydrogens (tertiary/aromatic N) is 1. The molecule has 0 spiro atoms. The maximum absolute atomic E-state index is 13.0. The average Bonchev–Trinajstić information content (AvgIpc) is 2.99. The molecule has 0 aromatic heterocycles. The van der Waals surface area contributed by atoms with Crippen molar-refractivity contribution in [3.05, 3.63) is 76.8 Å². The zero-order valence-corrected chi connectivity index (χ0v) is 16.9. The number of allylic oxidation sites excluding steroid dienone is 1. The Morgan fingerprint density at radius 1 is 1.27 bits per heavy atom. The van der Waals surface area contributed by atoms with Crippen LogP contribution in [0.4, 0.5) is 18.9 Å². The summed E-state index contributed by atoms with van der Waals surface area (Å²) in [6, 6.07) is 9.62. The Kier molecular flexibility index (Phi) is 6.22. The molecule has 2 amide bonds. The predicted octanol–water partition coefficient (Wildman–Crippen LogP) is 4.90. The van der Waals surface area contributed by atoms with Gasteiger partial charge in [0.15, 0.2) is 0 Å². The fraction of sp³-hybridized carbons (Fsp3) is 0.273. The molecule has 0 unspecified atom stereocenters. The van der Waals surface area contributed by atoms with Crippen LogP contribution in [0.2, 0.25) is 5.02 Å². The van der Waals surface area contributed by atoms with Crippen molar-refractivity contribution in [2.24, 2.45) is 5.92 Å². The molecule has 2 aromatic rings. The molecule has 1 aliphatic heterocycles. The maximum Gasteiger partial charge on any atom is 0.416 e. The van der Waals surface area contributed by atoms with Crippen LogP contribution in [0.3, 0.4) is 0 Å². The van der Waals surface area contributed by atoms with E-state index < -0.39 is 29.5 Å². The summed E-state index contributed by atoms with van der Waals surface area (Å²) >= 11 is 6.21. The molecule has 0 bridgehead atoms. The lowest BCUT2D eigenvalue weighted by molar-refractivity contribution is -0.138. The minimum atomic E-state index is -4.45. The second kappa shape index (κ2) is 8.52. The van der Waals surface area contributed by atoms with Crippen molar-refractivity contribution in [1.82, 2.24) is 4.90 Å². The van der Waals surface area contributed by atoms with Crippen LogP contribution in [0.15, 0.2) is 55.1 Å². The fourth-order valence-corrected chi connectivity index (χ4v) is 3.90. The minimum Gasteiger partial charge on any atom is -0.344 e. The second-order valence-corrected chi connectivity index (χ2v) is 7.58. The highest BCUT2D eigenvalue weighted by molar-refractivity contribution is 6.32. The molecule has 1 fully saturated rings. The SMILES string of the molecule is C=CCc1c(Cl)cccc1NC(=O)[C@H]1C(=O)N(C)C[C@H]1c1ccc(C(F)(F)F)cc1. The molecular formula is C22H20ClF3N2O2. The molecule has 1 heterocycles. The average molecular weight is 437 g/mol. The molecule has 2 atom stereocenters. The minimum absolute atomic E-state index is 0.233. The zero-order chi connectivity index (χ0) is 22.1. The molecule has 30 heavy (non-hydrogen) atoms. The topological polar surface area (TPSA) is 49.4 Å². The van der Waals surface area contributed by atoms with E-state index in [0.29, 0.717) is 28.3 Å². The highest BCUT2D eigenvalue weighted by Gasteiger charge is 2.44. The third-order valence-corrected chi connectivity index (χ3v) is 5.54. The molecule has 3 rings (SSSR count). The normalized spacial score (nSPS) is 19.1. The number of likely N-dealkylation sites (N-methyl/N-ethyl adjacent to an activating group) is 1. The molecule has 4 nitrogen and oxygen atoms in total. The van der Waals surface area contributed by atoms with E-state index in [1.807, 2.05) is 0 Å². The van der Waals surface area contributed by atoms with Gasteiger partial charge < -0.3 is 10.2 Å². The number of halogens is 4. The van der Waals surface area contributed by atoms with E-state index in [4.69, 9.17) is 11.6 Å². The number of hydrogen-bond donors (Lipinski definition) is 1. The molecule has 0 aliphatic carbocycles. The summed E-state index contributed by atoms with van der Waals surface area (Å²) in [5.74, 6) is -2.53. The summed E-state index contributed by atoms with van der Waals surface area (Å²) in [5.41, 5.74) is 0.865. The summed E-state index contributed by atoms with van der Waals surface area (Å²) in [5, 5.41) is 3.23. The number of alkyl halides is 3. The number of carbonyl (C=O) groups is 2. The van der Waals surface area contributed by atoms with Gasteiger partial charge in [-0.05, 0) is 41.8 Å². The van der Waals surface area contributed by atoms with E-state index in [2.05, 4.69) is 11.9 Å². The lowest BCUT2D eigenvalue weighted by Gasteiger charge is -2.19. The van der Waals surface area contributed by atoms with Gasteiger partial charge in [-0.2, -0.15) is 13.2 Å². The van der Waals surface area contributed by atoms with Crippen LogP contribution in [-0.2, 0) is 22.2 Å². The monoisotopic (exact) mass is 436 g/mol. The van der Waals surface area contributed by atoms with Gasteiger partial charge in [-0.1, -0.05) is 35.9 Å². The molecule has 158 valence electrons. The number of hydrogen-bond acceptors (Lipinski definition) is 2. The summed E-state index contributed by atoms with van der Waals surface area (Å²) in [4.78, 5) is 27.1. The van der Waals surface area contributed by atoms with Gasteiger partial charge >= 0.3 is 6.18 Å². The molecule has 8 heteroatoms. The van der Waals surface area contributed by atoms with Crippen molar-refractivity contribution in [3.63, 3.8) is 0 Å². The Morgan fingerprint density at radius 2 is 1.93 bits per heavy atom. The largest absolute Gasteiger partial charge is 0.416 e. The highest BCUT2D eigenvalue weighted by atomic mass is 35.5. The van der Waals surface area contributed by atoms with Crippen molar-refractivity contribution in [2.75, 3.05) is 18.9 Å². The van der Waals surface area contributed by atoms with E-state index >= 15 is 0 Å². The zero-order valence-electron chi connectivity index (χ0n) is 16.2. The van der Waals surface area contributed by atoms with Crippen LogP contribution in [0.1, 0.15) is 22.6 Å². The lowest BCUT2D eigenvalue weighted by Crippen LogP contribution is -2.33. The third-order valence-electron chi connectivity index (χ3n) is 5.19. The van der Waals surface area contributed by atoms with Crippen molar-refractivity contribution in [1.29, 1.82) is 0 Å². The van der Waals surface area contributed by atoms with E-state index in [0.717, 1.165) is 12.1 Å². The summed E-state index contributed by atoms with van der Waals surface area (Å²) in [7, 11) is 1.56. The first kappa shape index (κ1) is 21.9. The first-order valence-electron chi connectivity index (χ1n) is 9.24. The summed E-state index contributed by atoms with van der Waals surface area (Å²) < 4.78 is 38.6. The van der Waals surface area contributed by atoms with Gasteiger partial charge in [-0.15, -0.1) is 6.58 Å². The van der Waals surface area contributed by atoms with Crippen LogP contribution in [0, 0.1) is 5.92 Å². The van der Waals surface area contributed by atoms with Gasteiger partial charge in [0.2, 0.25) is 11.8 Å². The third kappa shape index (κ3) is 4.36. The van der Waals surface area contributed by atoms with Gasteiger partial charge in [-0.3, -0.25) is 9.59 Å². The van der Waals surface area contributed by atoms with Gasteiger partial charge in [0.25, 0.3) is 0 Å². The van der Waals surface area contributed by atoms with Crippen LogP contribution >= 0.6 is 11.6 Å². The Balaban J connectivity index is 1.89. The van der Waals surface area contributed by atoms with Crippen LogP contribution in [-0.4, -0.2) is 30.3 Å². The van der Waals surface area contributed by atoms with Gasteiger partial charge in [0, 0.05) is 30.2 Å². The number of amides is 2. The molecule has 0 radical (unpaired) electrons. The molecule has 1 N–H and O–H groups in total. The first-order valence-corrected chi connectivity index (χ1v) is 9.62. The number of anilines is 1. The predicted molar refractivity (Wildman–Crippen MR) is 109 cm³/mol. The molecule has 0 saturated carbocycles. The summed E-state index contributed by atoms with van der Waals surface area (Å²) in [6.07, 6.45) is -2.38. The standard InChI is InChI=1S/C22H20ClF3N2O2/c1-3-5-15-17(23)6-4-7-18(15)27-20(29)19-16(12-28(2)21(19)30)13-8-10-14(11-9-13)22(24,25)26/h3-4,6-11,16,19H,1,5,12H2,2H3,(H,27,29)/t16-,19-/m0/s1. The van der Waals surface area contributed by atoms with E-state index in [-0.39, 0.29) is 12.5 Å². The molecule has 2 aromatic carbocycles. The Labute approximate surface area is 177 Å². The Bertz CT molecular complexity index is 973. The Hall–Kier alpha value is -2.80. The van der Waals surface area contributed by atoms with Gasteiger partial charge in [0.05, 0.1) is 5.56 Å². The maximum atomic E-state index is 13.0. The van der Waals surface area contributed by atoms with Crippen LogP contribution < -0.4 is 5.32 Å². The van der Waals surface area contributed by atoms with Crippen LogP contribution in [0.5, 0.6) is 0 Å². The van der Waals surface area contributed by atoms with E-state index in [1.54, 1.807) is 31.3 Å².